The Morgan fingerprint density at radius 3 is 2.61 bits per heavy atom. The van der Waals surface area contributed by atoms with Gasteiger partial charge in [-0.3, -0.25) is 4.79 Å². The molecule has 0 spiro atoms. The summed E-state index contributed by atoms with van der Waals surface area (Å²) in [5, 5.41) is 5.70. The van der Waals surface area contributed by atoms with E-state index in [1.165, 1.54) is 24.4 Å². The number of hydrogen-bond donors (Lipinski definition) is 2. The number of methoxy groups -OCH3 is 1. The van der Waals surface area contributed by atoms with Crippen LogP contribution in [0.25, 0.3) is 0 Å². The summed E-state index contributed by atoms with van der Waals surface area (Å²) in [5.41, 5.74) is 2.25. The van der Waals surface area contributed by atoms with Crippen LogP contribution in [0.15, 0.2) is 48.7 Å². The highest BCUT2D eigenvalue weighted by atomic mass is 35.5. The Balaban J connectivity index is 1.65. The standard InChI is InChI=1S/C20H18ClFN4O2/c1-12-16(19(27)26-14-5-8-18(22)17(21)9-14)11-24-20(25-12)23-10-13-3-6-15(28-2)7-4-13/h3-9,11H,10H2,1-2H3,(H,26,27)(H,23,24,25). The van der Waals surface area contributed by atoms with E-state index in [0.717, 1.165) is 11.3 Å². The zero-order valence-electron chi connectivity index (χ0n) is 15.3. The molecule has 0 atom stereocenters. The lowest BCUT2D eigenvalue weighted by Crippen LogP contribution is -2.16. The Labute approximate surface area is 166 Å². The first-order valence-corrected chi connectivity index (χ1v) is 8.81. The molecule has 6 nitrogen and oxygen atoms in total. The Morgan fingerprint density at radius 1 is 1.21 bits per heavy atom. The van der Waals surface area contributed by atoms with Gasteiger partial charge in [0.15, 0.2) is 0 Å². The molecule has 3 rings (SSSR count). The van der Waals surface area contributed by atoms with Crippen LogP contribution in [-0.4, -0.2) is 23.0 Å². The van der Waals surface area contributed by atoms with Gasteiger partial charge in [0.05, 0.1) is 23.4 Å². The van der Waals surface area contributed by atoms with Crippen LogP contribution in [0.5, 0.6) is 5.75 Å². The minimum atomic E-state index is -0.550. The SMILES string of the molecule is COc1ccc(CNc2ncc(C(=O)Nc3ccc(F)c(Cl)c3)c(C)n2)cc1. The first-order chi connectivity index (χ1) is 13.5. The van der Waals surface area contributed by atoms with Crippen LogP contribution in [0.3, 0.4) is 0 Å². The van der Waals surface area contributed by atoms with E-state index in [-0.39, 0.29) is 5.02 Å². The molecule has 1 aromatic heterocycles. The maximum absolute atomic E-state index is 13.2. The zero-order valence-corrected chi connectivity index (χ0v) is 16.0. The van der Waals surface area contributed by atoms with Crippen molar-refractivity contribution in [1.82, 2.24) is 9.97 Å². The van der Waals surface area contributed by atoms with E-state index in [4.69, 9.17) is 16.3 Å². The Morgan fingerprint density at radius 2 is 1.96 bits per heavy atom. The smallest absolute Gasteiger partial charge is 0.259 e. The third-order valence-corrected chi connectivity index (χ3v) is 4.30. The number of nitrogens with one attached hydrogen (secondary N) is 2. The summed E-state index contributed by atoms with van der Waals surface area (Å²) < 4.78 is 18.4. The maximum Gasteiger partial charge on any atom is 0.259 e. The molecular weight excluding hydrogens is 383 g/mol. The molecule has 2 N–H and O–H groups in total. The van der Waals surface area contributed by atoms with Crippen molar-refractivity contribution < 1.29 is 13.9 Å². The van der Waals surface area contributed by atoms with Crippen molar-refractivity contribution >= 4 is 29.1 Å². The monoisotopic (exact) mass is 400 g/mol. The molecule has 0 radical (unpaired) electrons. The second-order valence-electron chi connectivity index (χ2n) is 5.98. The van der Waals surface area contributed by atoms with Gasteiger partial charge >= 0.3 is 0 Å². The highest BCUT2D eigenvalue weighted by Gasteiger charge is 2.13. The molecule has 144 valence electrons. The van der Waals surface area contributed by atoms with Crippen molar-refractivity contribution in [1.29, 1.82) is 0 Å². The molecule has 0 saturated carbocycles. The molecule has 1 heterocycles. The Bertz CT molecular complexity index is 996. The van der Waals surface area contributed by atoms with Gasteiger partial charge < -0.3 is 15.4 Å². The van der Waals surface area contributed by atoms with E-state index in [9.17, 15) is 9.18 Å². The molecule has 0 aliphatic rings. The number of nitrogens with zero attached hydrogens (tertiary/aromatic N) is 2. The third-order valence-electron chi connectivity index (χ3n) is 4.01. The lowest BCUT2D eigenvalue weighted by atomic mass is 10.2. The number of aromatic nitrogens is 2. The van der Waals surface area contributed by atoms with Gasteiger partial charge in [-0.25, -0.2) is 14.4 Å². The number of hydrogen-bond acceptors (Lipinski definition) is 5. The molecule has 0 fully saturated rings. The largest absolute Gasteiger partial charge is 0.497 e. The summed E-state index contributed by atoms with van der Waals surface area (Å²) in [6.45, 7) is 2.25. The number of aryl methyl sites for hydroxylation is 1. The molecular formula is C20H18ClFN4O2. The van der Waals surface area contributed by atoms with E-state index in [0.29, 0.717) is 29.4 Å². The summed E-state index contributed by atoms with van der Waals surface area (Å²) in [5.74, 6) is 0.247. The van der Waals surface area contributed by atoms with Crippen LogP contribution in [-0.2, 0) is 6.54 Å². The number of amides is 1. The summed E-state index contributed by atoms with van der Waals surface area (Å²) in [4.78, 5) is 20.9. The lowest BCUT2D eigenvalue weighted by molar-refractivity contribution is 0.102. The van der Waals surface area contributed by atoms with E-state index in [1.807, 2.05) is 24.3 Å². The molecule has 0 aliphatic carbocycles. The molecule has 0 aliphatic heterocycles. The van der Waals surface area contributed by atoms with E-state index >= 15 is 0 Å². The molecule has 0 unspecified atom stereocenters. The summed E-state index contributed by atoms with van der Waals surface area (Å²) in [6, 6.07) is 11.6. The number of rotatable bonds is 6. The number of anilines is 2. The van der Waals surface area contributed by atoms with Gasteiger partial charge in [-0.05, 0) is 42.8 Å². The fourth-order valence-corrected chi connectivity index (χ4v) is 2.65. The third kappa shape index (κ3) is 4.75. The van der Waals surface area contributed by atoms with Crippen molar-refractivity contribution in [2.45, 2.75) is 13.5 Å². The van der Waals surface area contributed by atoms with E-state index in [1.54, 1.807) is 14.0 Å². The highest BCUT2D eigenvalue weighted by Crippen LogP contribution is 2.20. The molecule has 0 bridgehead atoms. The topological polar surface area (TPSA) is 76.1 Å². The average Bonchev–Trinajstić information content (AvgIpc) is 2.69. The molecule has 0 saturated heterocycles. The minimum absolute atomic E-state index is 0.0659. The van der Waals surface area contributed by atoms with Gasteiger partial charge in [0.2, 0.25) is 5.95 Å². The number of benzene rings is 2. The molecule has 28 heavy (non-hydrogen) atoms. The van der Waals surface area contributed by atoms with Crippen LogP contribution < -0.4 is 15.4 Å². The highest BCUT2D eigenvalue weighted by molar-refractivity contribution is 6.31. The molecule has 2 aromatic carbocycles. The van der Waals surface area contributed by atoms with Crippen LogP contribution in [0.4, 0.5) is 16.0 Å². The Kier molecular flexibility index (Phi) is 6.06. The van der Waals surface area contributed by atoms with Gasteiger partial charge in [-0.2, -0.15) is 0 Å². The predicted molar refractivity (Wildman–Crippen MR) is 106 cm³/mol. The first kappa shape index (κ1) is 19.6. The maximum atomic E-state index is 13.2. The van der Waals surface area contributed by atoms with Crippen LogP contribution in [0.2, 0.25) is 5.02 Å². The summed E-state index contributed by atoms with van der Waals surface area (Å²) >= 11 is 5.73. The van der Waals surface area contributed by atoms with Gasteiger partial charge in [-0.15, -0.1) is 0 Å². The Hall–Kier alpha value is -3.19. The summed E-state index contributed by atoms with van der Waals surface area (Å²) in [7, 11) is 1.62. The van der Waals surface area contributed by atoms with Gasteiger partial charge in [0, 0.05) is 18.4 Å². The minimum Gasteiger partial charge on any atom is -0.497 e. The van der Waals surface area contributed by atoms with Crippen molar-refractivity contribution in [2.24, 2.45) is 0 Å². The number of carbonyl (C=O) groups excluding carboxylic acids is 1. The molecule has 8 heteroatoms. The molecule has 1 amide bonds. The van der Waals surface area contributed by atoms with E-state index in [2.05, 4.69) is 20.6 Å². The average molecular weight is 401 g/mol. The second-order valence-corrected chi connectivity index (χ2v) is 6.38. The summed E-state index contributed by atoms with van der Waals surface area (Å²) in [6.07, 6.45) is 1.44. The second kappa shape index (κ2) is 8.67. The van der Waals surface area contributed by atoms with Crippen molar-refractivity contribution in [3.63, 3.8) is 0 Å². The van der Waals surface area contributed by atoms with Crippen LogP contribution in [0, 0.1) is 12.7 Å². The quantitative estimate of drug-likeness (QED) is 0.639. The van der Waals surface area contributed by atoms with Gasteiger partial charge in [-0.1, -0.05) is 23.7 Å². The lowest BCUT2D eigenvalue weighted by Gasteiger charge is -2.10. The number of carbonyl (C=O) groups is 1. The fourth-order valence-electron chi connectivity index (χ4n) is 2.47. The normalized spacial score (nSPS) is 10.4. The van der Waals surface area contributed by atoms with Crippen LogP contribution in [0.1, 0.15) is 21.6 Å². The van der Waals surface area contributed by atoms with Gasteiger partial charge in [0.25, 0.3) is 5.91 Å². The van der Waals surface area contributed by atoms with Gasteiger partial charge in [0.1, 0.15) is 11.6 Å². The van der Waals surface area contributed by atoms with E-state index < -0.39 is 11.7 Å². The van der Waals surface area contributed by atoms with Crippen molar-refractivity contribution in [2.75, 3.05) is 17.7 Å². The van der Waals surface area contributed by atoms with Crippen LogP contribution >= 0.6 is 11.6 Å². The van der Waals surface area contributed by atoms with Crippen molar-refractivity contribution in [3.05, 3.63) is 76.3 Å². The molecule has 3 aromatic rings. The van der Waals surface area contributed by atoms with Crippen molar-refractivity contribution in [3.8, 4) is 5.75 Å². The fraction of sp³-hybridized carbons (Fsp3) is 0.150. The first-order valence-electron chi connectivity index (χ1n) is 8.43. The number of ether oxygens (including phenoxy) is 1. The predicted octanol–water partition coefficient (Wildman–Crippen LogP) is 4.45. The number of halogens is 2. The zero-order chi connectivity index (χ0) is 20.1.